The molecule has 0 aliphatic carbocycles. The molecule has 1 unspecified atom stereocenters. The molecule has 0 spiro atoms. The van der Waals surface area contributed by atoms with Crippen LogP contribution in [0, 0.1) is 5.92 Å². The number of allylic oxidation sites excluding steroid dienone is 2. The van der Waals surface area contributed by atoms with Gasteiger partial charge in [-0.2, -0.15) is 0 Å². The molecule has 0 saturated carbocycles. The van der Waals surface area contributed by atoms with Crippen molar-refractivity contribution in [1.29, 1.82) is 0 Å². The molecular weight excluding hydrogens is 158 g/mol. The number of hydrogen-bond acceptors (Lipinski definition) is 1. The molecule has 1 aromatic heterocycles. The molecule has 0 aromatic carbocycles. The van der Waals surface area contributed by atoms with E-state index in [2.05, 4.69) is 43.1 Å². The molecule has 0 bridgehead atoms. The first-order valence-corrected chi connectivity index (χ1v) is 4.88. The second-order valence-corrected chi connectivity index (χ2v) is 3.37. The fourth-order valence-electron chi connectivity index (χ4n) is 1.33. The topological polar surface area (TPSA) is 12.9 Å². The van der Waals surface area contributed by atoms with E-state index in [1.165, 1.54) is 5.56 Å². The molecule has 1 heterocycles. The lowest BCUT2D eigenvalue weighted by Crippen LogP contribution is -1.95. The minimum absolute atomic E-state index is 0.627. The van der Waals surface area contributed by atoms with Crippen molar-refractivity contribution < 1.29 is 0 Å². The Balaban J connectivity index is 2.45. The third-order valence-corrected chi connectivity index (χ3v) is 2.01. The summed E-state index contributed by atoms with van der Waals surface area (Å²) in [6.07, 6.45) is 10.4. The van der Waals surface area contributed by atoms with Gasteiger partial charge in [0.1, 0.15) is 0 Å². The maximum absolute atomic E-state index is 4.00. The standard InChI is InChI=1S/C12H17N/c1-3-4-5-11(2)10-12-6-8-13-9-7-12/h4-9,11H,3,10H2,1-2H3/b5-4-. The van der Waals surface area contributed by atoms with Crippen molar-refractivity contribution in [2.75, 3.05) is 0 Å². The van der Waals surface area contributed by atoms with Crippen LogP contribution >= 0.6 is 0 Å². The van der Waals surface area contributed by atoms with Crippen LogP contribution in [0.2, 0.25) is 0 Å². The molecule has 1 atom stereocenters. The Morgan fingerprint density at radius 2 is 2.08 bits per heavy atom. The van der Waals surface area contributed by atoms with Gasteiger partial charge in [0, 0.05) is 12.4 Å². The van der Waals surface area contributed by atoms with Gasteiger partial charge in [0.2, 0.25) is 0 Å². The summed E-state index contributed by atoms with van der Waals surface area (Å²) in [6.45, 7) is 4.41. The van der Waals surface area contributed by atoms with E-state index in [1.54, 1.807) is 0 Å². The van der Waals surface area contributed by atoms with Crippen molar-refractivity contribution in [3.63, 3.8) is 0 Å². The Hall–Kier alpha value is -1.11. The van der Waals surface area contributed by atoms with Gasteiger partial charge in [-0.05, 0) is 36.5 Å². The predicted molar refractivity (Wildman–Crippen MR) is 56.5 cm³/mol. The van der Waals surface area contributed by atoms with E-state index in [1.807, 2.05) is 12.4 Å². The number of aromatic nitrogens is 1. The highest BCUT2D eigenvalue weighted by Gasteiger charge is 1.97. The second-order valence-electron chi connectivity index (χ2n) is 3.37. The van der Waals surface area contributed by atoms with Gasteiger partial charge in [0.15, 0.2) is 0 Å². The highest BCUT2D eigenvalue weighted by atomic mass is 14.6. The van der Waals surface area contributed by atoms with Crippen LogP contribution in [-0.2, 0) is 6.42 Å². The Morgan fingerprint density at radius 3 is 2.69 bits per heavy atom. The molecule has 0 N–H and O–H groups in total. The second kappa shape index (κ2) is 5.52. The minimum Gasteiger partial charge on any atom is -0.265 e. The van der Waals surface area contributed by atoms with Gasteiger partial charge in [0.25, 0.3) is 0 Å². The molecule has 1 aromatic rings. The average molecular weight is 175 g/mol. The van der Waals surface area contributed by atoms with Crippen molar-refractivity contribution in [1.82, 2.24) is 4.98 Å². The fourth-order valence-corrected chi connectivity index (χ4v) is 1.33. The summed E-state index contributed by atoms with van der Waals surface area (Å²) in [6, 6.07) is 4.16. The number of nitrogens with zero attached hydrogens (tertiary/aromatic N) is 1. The Labute approximate surface area is 80.5 Å². The van der Waals surface area contributed by atoms with E-state index < -0.39 is 0 Å². The summed E-state index contributed by atoms with van der Waals surface area (Å²) in [5, 5.41) is 0. The first-order valence-electron chi connectivity index (χ1n) is 4.88. The quantitative estimate of drug-likeness (QED) is 0.640. The van der Waals surface area contributed by atoms with Crippen LogP contribution in [0.15, 0.2) is 36.7 Å². The van der Waals surface area contributed by atoms with Gasteiger partial charge in [-0.3, -0.25) is 4.98 Å². The number of pyridine rings is 1. The van der Waals surface area contributed by atoms with Gasteiger partial charge >= 0.3 is 0 Å². The van der Waals surface area contributed by atoms with Crippen LogP contribution in [0.25, 0.3) is 0 Å². The van der Waals surface area contributed by atoms with Crippen LogP contribution in [0.5, 0.6) is 0 Å². The molecular formula is C12H17N. The minimum atomic E-state index is 0.627. The summed E-state index contributed by atoms with van der Waals surface area (Å²) in [7, 11) is 0. The van der Waals surface area contributed by atoms with Crippen LogP contribution in [0.1, 0.15) is 25.8 Å². The summed E-state index contributed by atoms with van der Waals surface area (Å²) < 4.78 is 0. The fraction of sp³-hybridized carbons (Fsp3) is 0.417. The van der Waals surface area contributed by atoms with Crippen molar-refractivity contribution in [3.8, 4) is 0 Å². The monoisotopic (exact) mass is 175 g/mol. The third kappa shape index (κ3) is 3.88. The molecule has 1 heteroatoms. The van der Waals surface area contributed by atoms with Crippen molar-refractivity contribution >= 4 is 0 Å². The van der Waals surface area contributed by atoms with Crippen LogP contribution < -0.4 is 0 Å². The van der Waals surface area contributed by atoms with Crippen LogP contribution in [0.3, 0.4) is 0 Å². The Morgan fingerprint density at radius 1 is 1.38 bits per heavy atom. The molecule has 13 heavy (non-hydrogen) atoms. The first kappa shape index (κ1) is 9.97. The summed E-state index contributed by atoms with van der Waals surface area (Å²) in [4.78, 5) is 4.00. The molecule has 0 aliphatic heterocycles. The van der Waals surface area contributed by atoms with Gasteiger partial charge in [-0.25, -0.2) is 0 Å². The zero-order chi connectivity index (χ0) is 9.52. The van der Waals surface area contributed by atoms with Crippen molar-refractivity contribution in [2.24, 2.45) is 5.92 Å². The number of rotatable bonds is 4. The lowest BCUT2D eigenvalue weighted by Gasteiger charge is -2.05. The Bertz CT molecular complexity index is 251. The smallest absolute Gasteiger partial charge is 0.0270 e. The SMILES string of the molecule is CC/C=C\C(C)Cc1ccncc1. The largest absolute Gasteiger partial charge is 0.265 e. The predicted octanol–water partition coefficient (Wildman–Crippen LogP) is 3.23. The third-order valence-electron chi connectivity index (χ3n) is 2.01. The van der Waals surface area contributed by atoms with Crippen molar-refractivity contribution in [3.05, 3.63) is 42.2 Å². The molecule has 0 aliphatic rings. The number of hydrogen-bond donors (Lipinski definition) is 0. The summed E-state index contributed by atoms with van der Waals surface area (Å²) in [5.74, 6) is 0.627. The molecule has 70 valence electrons. The van der Waals surface area contributed by atoms with E-state index in [4.69, 9.17) is 0 Å². The van der Waals surface area contributed by atoms with Gasteiger partial charge in [0.05, 0.1) is 0 Å². The Kier molecular flexibility index (Phi) is 4.24. The maximum Gasteiger partial charge on any atom is 0.0270 e. The highest BCUT2D eigenvalue weighted by molar-refractivity contribution is 5.11. The normalized spacial score (nSPS) is 13.4. The zero-order valence-electron chi connectivity index (χ0n) is 8.40. The lowest BCUT2D eigenvalue weighted by atomic mass is 10.0. The molecule has 1 nitrogen and oxygen atoms in total. The first-order chi connectivity index (χ1) is 6.33. The van der Waals surface area contributed by atoms with E-state index in [9.17, 15) is 0 Å². The van der Waals surface area contributed by atoms with E-state index >= 15 is 0 Å². The van der Waals surface area contributed by atoms with Crippen LogP contribution in [-0.4, -0.2) is 4.98 Å². The molecule has 0 radical (unpaired) electrons. The van der Waals surface area contributed by atoms with E-state index in [-0.39, 0.29) is 0 Å². The average Bonchev–Trinajstić information content (AvgIpc) is 2.16. The van der Waals surface area contributed by atoms with E-state index in [0.29, 0.717) is 5.92 Å². The van der Waals surface area contributed by atoms with Gasteiger partial charge < -0.3 is 0 Å². The summed E-state index contributed by atoms with van der Waals surface area (Å²) in [5.41, 5.74) is 1.36. The zero-order valence-corrected chi connectivity index (χ0v) is 8.40. The molecule has 0 saturated heterocycles. The van der Waals surface area contributed by atoms with E-state index in [0.717, 1.165) is 12.8 Å². The molecule has 0 amide bonds. The lowest BCUT2D eigenvalue weighted by molar-refractivity contribution is 0.719. The summed E-state index contributed by atoms with van der Waals surface area (Å²) >= 11 is 0. The molecule has 1 rings (SSSR count). The van der Waals surface area contributed by atoms with Gasteiger partial charge in [-0.1, -0.05) is 26.0 Å². The van der Waals surface area contributed by atoms with Crippen LogP contribution in [0.4, 0.5) is 0 Å². The maximum atomic E-state index is 4.00. The highest BCUT2D eigenvalue weighted by Crippen LogP contribution is 2.08. The van der Waals surface area contributed by atoms with Crippen molar-refractivity contribution in [2.45, 2.75) is 26.7 Å². The van der Waals surface area contributed by atoms with Gasteiger partial charge in [-0.15, -0.1) is 0 Å². The molecule has 0 fully saturated rings.